The van der Waals surface area contributed by atoms with Gasteiger partial charge in [-0.3, -0.25) is 4.79 Å². The van der Waals surface area contributed by atoms with Crippen LogP contribution < -0.4 is 10.6 Å². The zero-order valence-electron chi connectivity index (χ0n) is 10.6. The van der Waals surface area contributed by atoms with Gasteiger partial charge < -0.3 is 20.6 Å². The first kappa shape index (κ1) is 14.3. The second kappa shape index (κ2) is 6.23. The number of aliphatic carboxylic acids is 1. The third kappa shape index (κ3) is 3.90. The molecule has 2 atom stereocenters. The highest BCUT2D eigenvalue weighted by atomic mass is 16.4. The Balaban J connectivity index is 2.40. The van der Waals surface area contributed by atoms with Gasteiger partial charge in [-0.15, -0.1) is 0 Å². The molecule has 0 aromatic carbocycles. The fourth-order valence-corrected chi connectivity index (χ4v) is 1.85. The number of carboxylic acids is 1. The van der Waals surface area contributed by atoms with Gasteiger partial charge in [-0.25, -0.2) is 9.59 Å². The van der Waals surface area contributed by atoms with E-state index in [-0.39, 0.29) is 11.9 Å². The Hall–Kier alpha value is -1.79. The van der Waals surface area contributed by atoms with Gasteiger partial charge in [-0.1, -0.05) is 6.92 Å². The fraction of sp³-hybridized carbons (Fsp3) is 0.727. The van der Waals surface area contributed by atoms with Gasteiger partial charge in [-0.05, 0) is 12.8 Å². The lowest BCUT2D eigenvalue weighted by Gasteiger charge is -2.30. The molecule has 1 rings (SSSR count). The summed E-state index contributed by atoms with van der Waals surface area (Å²) < 4.78 is 0. The minimum absolute atomic E-state index is 0.0606. The number of hydrogen-bond donors (Lipinski definition) is 3. The molecule has 1 heterocycles. The first-order valence-electron chi connectivity index (χ1n) is 5.97. The molecule has 0 bridgehead atoms. The first-order chi connectivity index (χ1) is 8.43. The van der Waals surface area contributed by atoms with Crippen LogP contribution in [0.5, 0.6) is 0 Å². The summed E-state index contributed by atoms with van der Waals surface area (Å²) in [5.41, 5.74) is 0. The molecule has 18 heavy (non-hydrogen) atoms. The van der Waals surface area contributed by atoms with Crippen molar-refractivity contribution in [2.75, 3.05) is 13.6 Å². The van der Waals surface area contributed by atoms with Crippen molar-refractivity contribution in [2.24, 2.45) is 0 Å². The van der Waals surface area contributed by atoms with Gasteiger partial charge in [0.2, 0.25) is 5.91 Å². The Morgan fingerprint density at radius 1 is 1.56 bits per heavy atom. The van der Waals surface area contributed by atoms with Crippen LogP contribution in [0.1, 0.15) is 26.2 Å². The molecule has 3 N–H and O–H groups in total. The molecule has 7 nitrogen and oxygen atoms in total. The predicted molar refractivity (Wildman–Crippen MR) is 64.0 cm³/mol. The van der Waals surface area contributed by atoms with E-state index in [1.54, 1.807) is 18.9 Å². The van der Waals surface area contributed by atoms with Crippen molar-refractivity contribution in [3.8, 4) is 0 Å². The van der Waals surface area contributed by atoms with Gasteiger partial charge in [-0.2, -0.15) is 0 Å². The number of nitrogens with one attached hydrogen (secondary N) is 2. The molecular formula is C11H19N3O4. The summed E-state index contributed by atoms with van der Waals surface area (Å²) in [6.45, 7) is 2.14. The largest absolute Gasteiger partial charge is 0.480 e. The summed E-state index contributed by atoms with van der Waals surface area (Å²) >= 11 is 0. The van der Waals surface area contributed by atoms with E-state index in [1.807, 2.05) is 0 Å². The molecule has 1 saturated heterocycles. The highest BCUT2D eigenvalue weighted by Gasteiger charge is 2.25. The average molecular weight is 257 g/mol. The molecule has 0 saturated carbocycles. The van der Waals surface area contributed by atoms with Crippen LogP contribution in [0.25, 0.3) is 0 Å². The number of amides is 3. The van der Waals surface area contributed by atoms with Crippen LogP contribution in [0, 0.1) is 0 Å². The number of urea groups is 1. The standard InChI is InChI=1S/C11H19N3O4/c1-3-8(10(16)17)13-11(18)12-7-4-5-9(15)14(2)6-7/h7-8H,3-6H2,1-2H3,(H,16,17)(H2,12,13,18)/t7?,8-/m1/s1. The number of likely N-dealkylation sites (tertiary alicyclic amines) is 1. The third-order valence-electron chi connectivity index (χ3n) is 2.97. The maximum absolute atomic E-state index is 11.6. The monoisotopic (exact) mass is 257 g/mol. The molecule has 0 aromatic heterocycles. The molecule has 0 radical (unpaired) electrons. The summed E-state index contributed by atoms with van der Waals surface area (Å²) in [5, 5.41) is 13.9. The van der Waals surface area contributed by atoms with Crippen molar-refractivity contribution in [3.63, 3.8) is 0 Å². The van der Waals surface area contributed by atoms with E-state index in [0.717, 1.165) is 0 Å². The molecule has 1 aliphatic heterocycles. The van der Waals surface area contributed by atoms with Crippen LogP contribution in [0.4, 0.5) is 4.79 Å². The van der Waals surface area contributed by atoms with Crippen molar-refractivity contribution in [3.05, 3.63) is 0 Å². The number of carboxylic acid groups (broad SMARTS) is 1. The second-order valence-electron chi connectivity index (χ2n) is 4.43. The van der Waals surface area contributed by atoms with Gasteiger partial charge in [0.1, 0.15) is 6.04 Å². The van der Waals surface area contributed by atoms with Gasteiger partial charge in [0.15, 0.2) is 0 Å². The summed E-state index contributed by atoms with van der Waals surface area (Å²) in [5.74, 6) is -0.992. The van der Waals surface area contributed by atoms with Crippen LogP contribution in [0.3, 0.4) is 0 Å². The Kier molecular flexibility index (Phi) is 4.94. The maximum Gasteiger partial charge on any atom is 0.326 e. The van der Waals surface area contributed by atoms with E-state index in [1.165, 1.54) is 0 Å². The maximum atomic E-state index is 11.6. The van der Waals surface area contributed by atoms with E-state index in [2.05, 4.69) is 10.6 Å². The Morgan fingerprint density at radius 2 is 2.22 bits per heavy atom. The summed E-state index contributed by atoms with van der Waals surface area (Å²) in [6.07, 6.45) is 1.31. The van der Waals surface area contributed by atoms with Crippen molar-refractivity contribution in [2.45, 2.75) is 38.3 Å². The van der Waals surface area contributed by atoms with Crippen LogP contribution in [0.15, 0.2) is 0 Å². The molecule has 102 valence electrons. The molecule has 0 aliphatic carbocycles. The zero-order chi connectivity index (χ0) is 13.7. The minimum atomic E-state index is -1.05. The van der Waals surface area contributed by atoms with E-state index >= 15 is 0 Å². The average Bonchev–Trinajstić information content (AvgIpc) is 2.30. The lowest BCUT2D eigenvalue weighted by molar-refractivity contribution is -0.139. The predicted octanol–water partition coefficient (Wildman–Crippen LogP) is -0.230. The number of nitrogens with zero attached hydrogens (tertiary/aromatic N) is 1. The Morgan fingerprint density at radius 3 is 2.72 bits per heavy atom. The number of carbonyl (C=O) groups is 3. The Labute approximate surface area is 106 Å². The number of likely N-dealkylation sites (N-methyl/N-ethyl adjacent to an activating group) is 1. The van der Waals surface area contributed by atoms with Crippen LogP contribution in [0.2, 0.25) is 0 Å². The number of carbonyl (C=O) groups excluding carboxylic acids is 2. The quantitative estimate of drug-likeness (QED) is 0.647. The van der Waals surface area contributed by atoms with E-state index in [4.69, 9.17) is 5.11 Å². The van der Waals surface area contributed by atoms with Crippen LogP contribution in [-0.2, 0) is 9.59 Å². The molecule has 3 amide bonds. The SMILES string of the molecule is CC[C@@H](NC(=O)NC1CCC(=O)N(C)C1)C(=O)O. The summed E-state index contributed by atoms with van der Waals surface area (Å²) in [4.78, 5) is 35.2. The van der Waals surface area contributed by atoms with Gasteiger partial charge in [0, 0.05) is 26.1 Å². The molecule has 1 aliphatic rings. The highest BCUT2D eigenvalue weighted by molar-refractivity contribution is 5.83. The van der Waals surface area contributed by atoms with Crippen molar-refractivity contribution >= 4 is 17.9 Å². The molecule has 0 aromatic rings. The van der Waals surface area contributed by atoms with E-state index < -0.39 is 18.0 Å². The van der Waals surface area contributed by atoms with E-state index in [9.17, 15) is 14.4 Å². The fourth-order valence-electron chi connectivity index (χ4n) is 1.85. The molecule has 1 unspecified atom stereocenters. The lowest BCUT2D eigenvalue weighted by atomic mass is 10.1. The van der Waals surface area contributed by atoms with Gasteiger partial charge in [0.25, 0.3) is 0 Å². The molecule has 0 spiro atoms. The van der Waals surface area contributed by atoms with Crippen molar-refractivity contribution in [1.82, 2.24) is 15.5 Å². The number of rotatable bonds is 4. The normalized spacial score (nSPS) is 21.3. The summed E-state index contributed by atoms with van der Waals surface area (Å²) in [7, 11) is 1.68. The summed E-state index contributed by atoms with van der Waals surface area (Å²) in [6, 6.07) is -1.51. The van der Waals surface area contributed by atoms with Crippen LogP contribution >= 0.6 is 0 Å². The smallest absolute Gasteiger partial charge is 0.326 e. The molecule has 7 heteroatoms. The molecular weight excluding hydrogens is 238 g/mol. The zero-order valence-corrected chi connectivity index (χ0v) is 10.6. The minimum Gasteiger partial charge on any atom is -0.480 e. The van der Waals surface area contributed by atoms with E-state index in [0.29, 0.717) is 25.8 Å². The lowest BCUT2D eigenvalue weighted by Crippen LogP contribution is -2.53. The number of piperidine rings is 1. The Bertz CT molecular complexity index is 345. The van der Waals surface area contributed by atoms with Gasteiger partial charge in [0.05, 0.1) is 0 Å². The van der Waals surface area contributed by atoms with Crippen molar-refractivity contribution < 1.29 is 19.5 Å². The third-order valence-corrected chi connectivity index (χ3v) is 2.97. The topological polar surface area (TPSA) is 98.7 Å². The highest BCUT2D eigenvalue weighted by Crippen LogP contribution is 2.09. The molecule has 1 fully saturated rings. The van der Waals surface area contributed by atoms with Crippen molar-refractivity contribution in [1.29, 1.82) is 0 Å². The van der Waals surface area contributed by atoms with Gasteiger partial charge >= 0.3 is 12.0 Å². The first-order valence-corrected chi connectivity index (χ1v) is 5.97. The van der Waals surface area contributed by atoms with Crippen LogP contribution in [-0.4, -0.2) is 53.6 Å². The number of hydrogen-bond acceptors (Lipinski definition) is 3. The second-order valence-corrected chi connectivity index (χ2v) is 4.43.